The molecule has 1 aliphatic heterocycles. The summed E-state index contributed by atoms with van der Waals surface area (Å²) in [5.74, 6) is -3.64. The Morgan fingerprint density at radius 1 is 0.935 bits per heavy atom. The van der Waals surface area contributed by atoms with Gasteiger partial charge in [0.15, 0.2) is 11.6 Å². The summed E-state index contributed by atoms with van der Waals surface area (Å²) in [4.78, 5) is 40.5. The highest BCUT2D eigenvalue weighted by Crippen LogP contribution is 2.44. The zero-order valence-corrected chi connectivity index (χ0v) is 25.9. The van der Waals surface area contributed by atoms with Crippen LogP contribution in [0.3, 0.4) is 0 Å². The van der Waals surface area contributed by atoms with Crippen LogP contribution >= 0.6 is 0 Å². The summed E-state index contributed by atoms with van der Waals surface area (Å²) in [7, 11) is 2.54. The Hall–Kier alpha value is -4.61. The summed E-state index contributed by atoms with van der Waals surface area (Å²) < 4.78 is 38.4. The van der Waals surface area contributed by atoms with Gasteiger partial charge in [-0.15, -0.1) is 0 Å². The minimum absolute atomic E-state index is 0.0394. The molecule has 11 heteroatoms. The molecule has 3 aromatic carbocycles. The number of benzene rings is 3. The number of carbonyl (C=O) groups excluding carboxylic acids is 3. The number of nitrogens with zero attached hydrogens (tertiary/aromatic N) is 1. The van der Waals surface area contributed by atoms with Gasteiger partial charge in [0.1, 0.15) is 11.7 Å². The molecule has 3 aromatic rings. The molecule has 0 bridgehead atoms. The quantitative estimate of drug-likeness (QED) is 0.259. The van der Waals surface area contributed by atoms with Crippen LogP contribution < -0.4 is 20.9 Å². The van der Waals surface area contributed by atoms with E-state index in [1.54, 1.807) is 0 Å². The summed E-state index contributed by atoms with van der Waals surface area (Å²) in [6.07, 6.45) is 2.19. The molecule has 1 unspecified atom stereocenters. The Bertz CT molecular complexity index is 1530. The van der Waals surface area contributed by atoms with Gasteiger partial charge in [-0.05, 0) is 48.9 Å². The van der Waals surface area contributed by atoms with Crippen LogP contribution in [0.25, 0.3) is 0 Å². The molecule has 9 nitrogen and oxygen atoms in total. The molecule has 0 spiro atoms. The number of esters is 1. The maximum Gasteiger partial charge on any atom is 0.339 e. The molecular weight excluding hydrogens is 594 g/mol. The predicted octanol–water partition coefficient (Wildman–Crippen LogP) is 4.92. The van der Waals surface area contributed by atoms with E-state index >= 15 is 0 Å². The van der Waals surface area contributed by atoms with Crippen LogP contribution in [0.1, 0.15) is 43.2 Å². The Kier molecular flexibility index (Phi) is 10.4. The zero-order chi connectivity index (χ0) is 32.7. The van der Waals surface area contributed by atoms with E-state index in [-0.39, 0.29) is 48.0 Å². The van der Waals surface area contributed by atoms with Crippen LogP contribution in [0, 0.1) is 11.6 Å². The number of carbonyl (C=O) groups is 3. The summed E-state index contributed by atoms with van der Waals surface area (Å²) >= 11 is 0. The van der Waals surface area contributed by atoms with E-state index in [1.165, 1.54) is 24.3 Å². The molecule has 3 N–H and O–H groups in total. The third-order valence-electron chi connectivity index (χ3n) is 8.80. The second-order valence-corrected chi connectivity index (χ2v) is 11.5. The smallest absolute Gasteiger partial charge is 0.339 e. The molecular formula is C35H38F2N4O5. The molecule has 3 amide bonds. The second kappa shape index (κ2) is 14.7. The fourth-order valence-electron chi connectivity index (χ4n) is 6.55. The van der Waals surface area contributed by atoms with Gasteiger partial charge >= 0.3 is 12.0 Å². The minimum atomic E-state index is -1.37. The number of nitrogens with one attached hydrogen (secondary N) is 3. The van der Waals surface area contributed by atoms with Gasteiger partial charge in [0.05, 0.1) is 19.4 Å². The van der Waals surface area contributed by atoms with Crippen molar-refractivity contribution in [2.75, 3.05) is 32.3 Å². The van der Waals surface area contributed by atoms with Crippen LogP contribution in [0.2, 0.25) is 0 Å². The van der Waals surface area contributed by atoms with Crippen molar-refractivity contribution in [3.05, 3.63) is 113 Å². The molecule has 1 fully saturated rings. The van der Waals surface area contributed by atoms with Crippen molar-refractivity contribution >= 4 is 23.6 Å². The molecule has 1 heterocycles. The van der Waals surface area contributed by atoms with Gasteiger partial charge in [0.2, 0.25) is 5.91 Å². The molecule has 5 rings (SSSR count). The number of rotatable bonds is 11. The molecule has 0 saturated heterocycles. The van der Waals surface area contributed by atoms with E-state index in [0.717, 1.165) is 49.8 Å². The minimum Gasteiger partial charge on any atom is -0.465 e. The van der Waals surface area contributed by atoms with E-state index in [1.807, 2.05) is 12.1 Å². The number of halogens is 2. The lowest BCUT2D eigenvalue weighted by Gasteiger charge is -2.42. The van der Waals surface area contributed by atoms with E-state index in [4.69, 9.17) is 9.47 Å². The van der Waals surface area contributed by atoms with E-state index < -0.39 is 35.7 Å². The third kappa shape index (κ3) is 6.95. The standard InChI is InChI=1S/C35H38F2N4O5/c1-45-22-29-31(33(43)46-2)32(40-34(44)39-29)41(26-13-14-27(36)28(37)21-26)30(42)17-20-38-25-15-18-35(19-16-25,23-9-5-3-6-10-23)24-11-7-4-8-12-24/h3-14,21,25,32,38H,15-20,22H2,1-2H3,(H2,39,40,44). The summed E-state index contributed by atoms with van der Waals surface area (Å²) in [5.41, 5.74) is 2.41. The average Bonchev–Trinajstić information content (AvgIpc) is 3.07. The fourth-order valence-corrected chi connectivity index (χ4v) is 6.55. The first kappa shape index (κ1) is 32.8. The van der Waals surface area contributed by atoms with Crippen molar-refractivity contribution in [3.63, 3.8) is 0 Å². The van der Waals surface area contributed by atoms with Gasteiger partial charge in [0.25, 0.3) is 0 Å². The largest absolute Gasteiger partial charge is 0.465 e. The number of ether oxygens (including phenoxy) is 2. The van der Waals surface area contributed by atoms with E-state index in [9.17, 15) is 23.2 Å². The normalized spacial score (nSPS) is 18.0. The van der Waals surface area contributed by atoms with Crippen LogP contribution in [0.4, 0.5) is 19.3 Å². The second-order valence-electron chi connectivity index (χ2n) is 11.5. The van der Waals surface area contributed by atoms with Crippen LogP contribution in [0.5, 0.6) is 0 Å². The van der Waals surface area contributed by atoms with Gasteiger partial charge < -0.3 is 25.4 Å². The van der Waals surface area contributed by atoms with Gasteiger partial charge in [-0.2, -0.15) is 0 Å². The first-order valence-corrected chi connectivity index (χ1v) is 15.3. The molecule has 2 aliphatic rings. The first-order chi connectivity index (χ1) is 22.3. The maximum absolute atomic E-state index is 14.4. The van der Waals surface area contributed by atoms with Gasteiger partial charge in [-0.25, -0.2) is 18.4 Å². The Balaban J connectivity index is 1.33. The van der Waals surface area contributed by atoms with Crippen molar-refractivity contribution in [1.29, 1.82) is 0 Å². The topological polar surface area (TPSA) is 109 Å². The lowest BCUT2D eigenvalue weighted by molar-refractivity contribution is -0.136. The van der Waals surface area contributed by atoms with E-state index in [0.29, 0.717) is 0 Å². The van der Waals surface area contributed by atoms with Crippen LogP contribution in [-0.4, -0.2) is 57.5 Å². The van der Waals surface area contributed by atoms with E-state index in [2.05, 4.69) is 64.5 Å². The summed E-state index contributed by atoms with van der Waals surface area (Å²) in [5, 5.41) is 8.58. The summed E-state index contributed by atoms with van der Waals surface area (Å²) in [6.45, 7) is 0.124. The van der Waals surface area contributed by atoms with Crippen molar-refractivity contribution in [1.82, 2.24) is 16.0 Å². The highest BCUT2D eigenvalue weighted by atomic mass is 19.2. The molecule has 1 atom stereocenters. The van der Waals surface area contributed by atoms with Gasteiger partial charge in [-0.3, -0.25) is 9.69 Å². The van der Waals surface area contributed by atoms with Crippen LogP contribution in [0.15, 0.2) is 90.1 Å². The Labute approximate surface area is 267 Å². The Morgan fingerprint density at radius 2 is 1.57 bits per heavy atom. The molecule has 46 heavy (non-hydrogen) atoms. The monoisotopic (exact) mass is 632 g/mol. The van der Waals surface area contributed by atoms with Crippen molar-refractivity contribution in [2.24, 2.45) is 0 Å². The lowest BCUT2D eigenvalue weighted by Crippen LogP contribution is -2.60. The number of hydrogen-bond acceptors (Lipinski definition) is 6. The highest BCUT2D eigenvalue weighted by Gasteiger charge is 2.40. The first-order valence-electron chi connectivity index (χ1n) is 15.3. The number of anilines is 1. The lowest BCUT2D eigenvalue weighted by atomic mass is 9.64. The molecule has 242 valence electrons. The van der Waals surface area contributed by atoms with Crippen molar-refractivity contribution in [2.45, 2.75) is 49.7 Å². The number of methoxy groups -OCH3 is 2. The molecule has 0 aromatic heterocycles. The van der Waals surface area contributed by atoms with Crippen molar-refractivity contribution in [3.8, 4) is 0 Å². The summed E-state index contributed by atoms with van der Waals surface area (Å²) in [6, 6.07) is 23.5. The fraction of sp³-hybridized carbons (Fsp3) is 0.343. The maximum atomic E-state index is 14.4. The van der Waals surface area contributed by atoms with Crippen molar-refractivity contribution < 1.29 is 32.6 Å². The van der Waals surface area contributed by atoms with Gasteiger partial charge in [-0.1, -0.05) is 60.7 Å². The zero-order valence-electron chi connectivity index (χ0n) is 25.9. The SMILES string of the molecule is COCC1=C(C(=O)OC)C(N(C(=O)CCNC2CCC(c3ccccc3)(c3ccccc3)CC2)c2ccc(F)c(F)c2)NC(=O)N1. The highest BCUT2D eigenvalue weighted by molar-refractivity contribution is 6.01. The number of amides is 3. The predicted molar refractivity (Wildman–Crippen MR) is 169 cm³/mol. The van der Waals surface area contributed by atoms with Gasteiger partial charge in [0, 0.05) is 43.3 Å². The molecule has 1 aliphatic carbocycles. The molecule has 1 saturated carbocycles. The average molecular weight is 633 g/mol. The Morgan fingerprint density at radius 3 is 2.13 bits per heavy atom. The number of urea groups is 1. The molecule has 0 radical (unpaired) electrons. The number of hydrogen-bond donors (Lipinski definition) is 3. The van der Waals surface area contributed by atoms with Crippen LogP contribution in [-0.2, 0) is 24.5 Å². The third-order valence-corrected chi connectivity index (χ3v) is 8.80.